The highest BCUT2D eigenvalue weighted by molar-refractivity contribution is 6.03. The fourth-order valence-corrected chi connectivity index (χ4v) is 9.15. The summed E-state index contributed by atoms with van der Waals surface area (Å²) in [4.78, 5) is 18.9. The first-order valence-electron chi connectivity index (χ1n) is 17.9. The minimum Gasteiger partial charge on any atom is -0.508 e. The molecule has 0 spiro atoms. The van der Waals surface area contributed by atoms with Crippen molar-refractivity contribution in [2.75, 3.05) is 58.1 Å². The van der Waals surface area contributed by atoms with Crippen LogP contribution < -0.4 is 9.64 Å². The van der Waals surface area contributed by atoms with Crippen molar-refractivity contribution in [1.29, 1.82) is 0 Å². The number of nitrogens with zero attached hydrogens (tertiary/aromatic N) is 5. The van der Waals surface area contributed by atoms with Crippen LogP contribution in [0.3, 0.4) is 0 Å². The van der Waals surface area contributed by atoms with E-state index >= 15 is 4.39 Å². The predicted molar refractivity (Wildman–Crippen MR) is 187 cm³/mol. The normalized spacial score (nSPS) is 25.6. The number of terminal acetylenes is 1. The molecule has 2 unspecified atom stereocenters. The van der Waals surface area contributed by atoms with Crippen molar-refractivity contribution < 1.29 is 28.1 Å². The highest BCUT2D eigenvalue weighted by atomic mass is 19.1. The van der Waals surface area contributed by atoms with Crippen molar-refractivity contribution in [3.8, 4) is 35.4 Å². The molecule has 0 amide bonds. The summed E-state index contributed by atoms with van der Waals surface area (Å²) in [6.45, 7) is 4.78. The van der Waals surface area contributed by atoms with Gasteiger partial charge < -0.3 is 24.2 Å². The topological polar surface area (TPSA) is 93.1 Å². The largest absolute Gasteiger partial charge is 0.508 e. The first kappa shape index (κ1) is 33.1. The third-order valence-corrected chi connectivity index (χ3v) is 11.5. The van der Waals surface area contributed by atoms with Gasteiger partial charge in [0.05, 0.1) is 24.2 Å². The van der Waals surface area contributed by atoms with Crippen molar-refractivity contribution in [3.63, 3.8) is 0 Å². The van der Waals surface area contributed by atoms with Crippen molar-refractivity contribution in [2.24, 2.45) is 11.3 Å². The molecule has 2 aliphatic heterocycles. The Kier molecular flexibility index (Phi) is 8.96. The zero-order chi connectivity index (χ0) is 34.4. The van der Waals surface area contributed by atoms with Crippen molar-refractivity contribution in [3.05, 3.63) is 47.7 Å². The van der Waals surface area contributed by atoms with Gasteiger partial charge in [0.15, 0.2) is 5.82 Å². The average Bonchev–Trinajstić information content (AvgIpc) is 3.35. The number of ether oxygens (including phenoxy) is 3. The number of aromatic nitrogens is 3. The number of rotatable bonds is 8. The van der Waals surface area contributed by atoms with Crippen LogP contribution in [0.15, 0.2) is 30.5 Å². The van der Waals surface area contributed by atoms with E-state index < -0.39 is 11.6 Å². The third-order valence-electron chi connectivity index (χ3n) is 11.5. The molecule has 4 aromatic rings. The van der Waals surface area contributed by atoms with Crippen molar-refractivity contribution in [1.82, 2.24) is 19.9 Å². The average molecular weight is 684 g/mol. The Labute approximate surface area is 291 Å². The number of hydrogen-bond acceptors (Lipinski definition) is 9. The van der Waals surface area contributed by atoms with Gasteiger partial charge in [0.2, 0.25) is 0 Å². The van der Waals surface area contributed by atoms with Gasteiger partial charge in [-0.3, -0.25) is 9.88 Å². The van der Waals surface area contributed by atoms with Crippen LogP contribution in [-0.2, 0) is 9.47 Å². The molecule has 2 atom stereocenters. The lowest BCUT2D eigenvalue weighted by Gasteiger charge is -2.53. The summed E-state index contributed by atoms with van der Waals surface area (Å²) < 4.78 is 49.6. The Morgan fingerprint density at radius 2 is 1.94 bits per heavy atom. The number of fused-ring (bicyclic) bond motifs is 3. The van der Waals surface area contributed by atoms with Crippen LogP contribution in [0.2, 0.25) is 0 Å². The Hall–Kier alpha value is -4.11. The van der Waals surface area contributed by atoms with Crippen LogP contribution in [0.4, 0.5) is 14.6 Å². The molecule has 0 bridgehead atoms. The van der Waals surface area contributed by atoms with Crippen LogP contribution in [0.5, 0.6) is 11.8 Å². The van der Waals surface area contributed by atoms with Crippen LogP contribution in [0, 0.1) is 35.3 Å². The summed E-state index contributed by atoms with van der Waals surface area (Å²) in [6, 6.07) is 6.71. The maximum absolute atomic E-state index is 16.9. The minimum atomic E-state index is -0.724. The highest BCUT2D eigenvalue weighted by Crippen LogP contribution is 2.51. The van der Waals surface area contributed by atoms with Crippen LogP contribution in [0.25, 0.3) is 32.9 Å². The summed E-state index contributed by atoms with van der Waals surface area (Å²) in [5.74, 6) is 2.11. The molecule has 11 heteroatoms. The number of aromatic hydroxyl groups is 1. The lowest BCUT2D eigenvalue weighted by molar-refractivity contribution is -0.0622. The molecule has 2 saturated heterocycles. The first-order valence-corrected chi connectivity index (χ1v) is 17.9. The second-order valence-corrected chi connectivity index (χ2v) is 14.5. The fourth-order valence-electron chi connectivity index (χ4n) is 9.15. The maximum Gasteiger partial charge on any atom is 0.319 e. The smallest absolute Gasteiger partial charge is 0.319 e. The number of piperidine rings is 1. The molecule has 2 aromatic heterocycles. The second kappa shape index (κ2) is 13.5. The predicted octanol–water partition coefficient (Wildman–Crippen LogP) is 6.48. The monoisotopic (exact) mass is 683 g/mol. The van der Waals surface area contributed by atoms with Crippen molar-refractivity contribution in [2.45, 2.75) is 63.5 Å². The molecule has 2 saturated carbocycles. The van der Waals surface area contributed by atoms with E-state index in [0.29, 0.717) is 72.9 Å². The highest BCUT2D eigenvalue weighted by Gasteiger charge is 2.51. The van der Waals surface area contributed by atoms with E-state index in [-0.39, 0.29) is 39.5 Å². The third kappa shape index (κ3) is 5.81. The van der Waals surface area contributed by atoms with Gasteiger partial charge in [-0.05, 0) is 81.0 Å². The Morgan fingerprint density at radius 1 is 1.08 bits per heavy atom. The number of phenols is 1. The Bertz CT molecular complexity index is 1960. The number of likely N-dealkylation sites (tertiary alicyclic amines) is 1. The standard InChI is InChI=1S/C39H43F2N5O4/c1-3-28-31(40)9-8-25-19-27(47)20-29(33(25)28)35-34(41)36-30(21-42-35)37(45-12-6-15-49-16-14-45)44-38(43-36)50-23-39-10-4-7-32(39)46(13-5-11-39)26-17-24(18-26)22-48-2/h1,8-9,19-21,24,26,32,47H,4-7,10-18,22-23H2,2H3. The number of benzene rings is 2. The Balaban J connectivity index is 1.18. The van der Waals surface area contributed by atoms with Gasteiger partial charge in [-0.1, -0.05) is 18.4 Å². The van der Waals surface area contributed by atoms with Crippen LogP contribution >= 0.6 is 0 Å². The van der Waals surface area contributed by atoms with Gasteiger partial charge in [-0.2, -0.15) is 9.97 Å². The van der Waals surface area contributed by atoms with Gasteiger partial charge in [0.25, 0.3) is 0 Å². The summed E-state index contributed by atoms with van der Waals surface area (Å²) in [7, 11) is 1.78. The first-order chi connectivity index (χ1) is 24.4. The molecule has 8 rings (SSSR count). The number of phenolic OH excluding ortho intramolecular Hbond substituents is 1. The minimum absolute atomic E-state index is 0.0162. The van der Waals surface area contributed by atoms with Crippen LogP contribution in [-0.4, -0.2) is 90.2 Å². The summed E-state index contributed by atoms with van der Waals surface area (Å²) in [5.41, 5.74) is 0.0762. The number of hydrogen-bond donors (Lipinski definition) is 1. The zero-order valence-corrected chi connectivity index (χ0v) is 28.5. The van der Waals surface area contributed by atoms with Crippen molar-refractivity contribution >= 4 is 27.5 Å². The molecule has 4 fully saturated rings. The molecule has 2 aromatic carbocycles. The fraction of sp³-hybridized carbons (Fsp3) is 0.513. The molecule has 9 nitrogen and oxygen atoms in total. The second-order valence-electron chi connectivity index (χ2n) is 14.5. The molecular formula is C39H43F2N5O4. The van der Waals surface area contributed by atoms with Gasteiger partial charge in [-0.15, -0.1) is 6.42 Å². The maximum atomic E-state index is 16.9. The van der Waals surface area contributed by atoms with Gasteiger partial charge in [0, 0.05) is 68.1 Å². The molecule has 262 valence electrons. The van der Waals surface area contributed by atoms with Gasteiger partial charge >= 0.3 is 6.01 Å². The lowest BCUT2D eigenvalue weighted by Crippen LogP contribution is -2.58. The number of anilines is 1. The van der Waals surface area contributed by atoms with E-state index in [1.54, 1.807) is 13.3 Å². The van der Waals surface area contributed by atoms with Gasteiger partial charge in [0.1, 0.15) is 28.6 Å². The summed E-state index contributed by atoms with van der Waals surface area (Å²) >= 11 is 0. The molecular weight excluding hydrogens is 640 g/mol. The quantitative estimate of drug-likeness (QED) is 0.210. The van der Waals surface area contributed by atoms with Gasteiger partial charge in [-0.25, -0.2) is 8.78 Å². The van der Waals surface area contributed by atoms with E-state index in [0.717, 1.165) is 51.7 Å². The van der Waals surface area contributed by atoms with E-state index in [2.05, 4.69) is 20.7 Å². The van der Waals surface area contributed by atoms with E-state index in [1.807, 2.05) is 0 Å². The zero-order valence-electron chi connectivity index (χ0n) is 28.5. The molecule has 1 N–H and O–H groups in total. The molecule has 50 heavy (non-hydrogen) atoms. The van der Waals surface area contributed by atoms with E-state index in [9.17, 15) is 9.50 Å². The number of halogens is 2. The van der Waals surface area contributed by atoms with E-state index in [1.165, 1.54) is 37.1 Å². The molecule has 4 heterocycles. The van der Waals surface area contributed by atoms with E-state index in [4.69, 9.17) is 30.6 Å². The summed E-state index contributed by atoms with van der Waals surface area (Å²) in [6.07, 6.45) is 16.0. The number of pyridine rings is 1. The molecule has 0 radical (unpaired) electrons. The number of methoxy groups -OCH3 is 1. The SMILES string of the molecule is C#Cc1c(F)ccc2cc(O)cc(-c3ncc4c(N5CCCOCC5)nc(OCC56CCCC5N(C5CC(COC)C5)CCC6)nc4c3F)c12. The lowest BCUT2D eigenvalue weighted by atomic mass is 9.71. The molecule has 4 aliphatic rings. The van der Waals surface area contributed by atoms with Crippen LogP contribution in [0.1, 0.15) is 56.9 Å². The molecule has 2 aliphatic carbocycles. The summed E-state index contributed by atoms with van der Waals surface area (Å²) in [5, 5.41) is 11.8. The Morgan fingerprint density at radius 3 is 2.78 bits per heavy atom.